The van der Waals surface area contributed by atoms with Gasteiger partial charge in [-0.25, -0.2) is 0 Å². The van der Waals surface area contributed by atoms with Gasteiger partial charge in [0.25, 0.3) is 0 Å². The molecular weight excluding hydrogens is 412 g/mol. The fraction of sp³-hybridized carbons (Fsp3) is 0.810. The van der Waals surface area contributed by atoms with Gasteiger partial charge in [0.15, 0.2) is 6.29 Å². The van der Waals surface area contributed by atoms with Crippen molar-refractivity contribution in [3.63, 3.8) is 0 Å². The molecule has 0 aromatic rings. The summed E-state index contributed by atoms with van der Waals surface area (Å²) in [6.07, 6.45) is -3.73. The van der Waals surface area contributed by atoms with E-state index < -0.39 is 55.1 Å². The van der Waals surface area contributed by atoms with Gasteiger partial charge in [0, 0.05) is 6.42 Å². The molecule has 0 aromatic heterocycles. The van der Waals surface area contributed by atoms with Crippen molar-refractivity contribution < 1.29 is 49.3 Å². The first-order valence-corrected chi connectivity index (χ1v) is 10.6. The number of esters is 1. The standard InChI is InChI=1S/C21H34O10/c1-10(6-14-7-11(2)20(28)30-14)4-5-13(12(3)19(26)27)9-29-21-18(25)17(24)16(23)15(8-22)31-21/h4,11-18,21-25H,5-9H2,1-3H3,(H,26,27)/b10-4-. The molecule has 0 aromatic carbocycles. The third-order valence-electron chi connectivity index (χ3n) is 6.04. The lowest BCUT2D eigenvalue weighted by molar-refractivity contribution is -0.303. The number of ether oxygens (including phenoxy) is 3. The molecule has 2 aliphatic rings. The second-order valence-electron chi connectivity index (χ2n) is 8.60. The Balaban J connectivity index is 1.97. The van der Waals surface area contributed by atoms with Crippen molar-refractivity contribution in [2.45, 2.75) is 76.8 Å². The van der Waals surface area contributed by atoms with Crippen LogP contribution in [0.5, 0.6) is 0 Å². The maximum atomic E-state index is 11.5. The lowest BCUT2D eigenvalue weighted by Crippen LogP contribution is -2.59. The largest absolute Gasteiger partial charge is 0.481 e. The zero-order valence-corrected chi connectivity index (χ0v) is 18.1. The highest BCUT2D eigenvalue weighted by molar-refractivity contribution is 5.74. The topological polar surface area (TPSA) is 163 Å². The summed E-state index contributed by atoms with van der Waals surface area (Å²) >= 11 is 0. The molecule has 2 heterocycles. The number of carboxylic acids is 1. The highest BCUT2D eigenvalue weighted by Crippen LogP contribution is 2.27. The molecule has 0 spiro atoms. The summed E-state index contributed by atoms with van der Waals surface area (Å²) in [7, 11) is 0. The van der Waals surface area contributed by atoms with Crippen molar-refractivity contribution in [1.82, 2.24) is 0 Å². The Labute approximate surface area is 181 Å². The summed E-state index contributed by atoms with van der Waals surface area (Å²) in [4.78, 5) is 23.1. The predicted octanol–water partition coefficient (Wildman–Crippen LogP) is -0.182. The van der Waals surface area contributed by atoms with Crippen molar-refractivity contribution in [3.05, 3.63) is 11.6 Å². The minimum atomic E-state index is -1.56. The second kappa shape index (κ2) is 11.3. The normalized spacial score (nSPS) is 36.2. The van der Waals surface area contributed by atoms with Gasteiger partial charge >= 0.3 is 11.9 Å². The van der Waals surface area contributed by atoms with Gasteiger partial charge in [-0.15, -0.1) is 0 Å². The molecule has 10 nitrogen and oxygen atoms in total. The number of carbonyl (C=O) groups excluding carboxylic acids is 1. The van der Waals surface area contributed by atoms with Gasteiger partial charge in [-0.3, -0.25) is 9.59 Å². The van der Waals surface area contributed by atoms with Gasteiger partial charge in [-0.05, 0) is 25.7 Å². The van der Waals surface area contributed by atoms with Gasteiger partial charge in [0.2, 0.25) is 0 Å². The first-order valence-electron chi connectivity index (χ1n) is 10.6. The Morgan fingerprint density at radius 1 is 1.26 bits per heavy atom. The zero-order chi connectivity index (χ0) is 23.3. The maximum absolute atomic E-state index is 11.5. The third-order valence-corrected chi connectivity index (χ3v) is 6.04. The molecule has 9 atom stereocenters. The molecule has 2 fully saturated rings. The van der Waals surface area contributed by atoms with Crippen LogP contribution in [-0.2, 0) is 23.8 Å². The van der Waals surface area contributed by atoms with Gasteiger partial charge in [-0.2, -0.15) is 0 Å². The van der Waals surface area contributed by atoms with E-state index in [2.05, 4.69) is 0 Å². The van der Waals surface area contributed by atoms with Crippen LogP contribution in [0.1, 0.15) is 40.0 Å². The van der Waals surface area contributed by atoms with E-state index in [1.54, 1.807) is 6.92 Å². The van der Waals surface area contributed by atoms with Crippen molar-refractivity contribution >= 4 is 11.9 Å². The van der Waals surface area contributed by atoms with E-state index in [4.69, 9.17) is 14.2 Å². The minimum Gasteiger partial charge on any atom is -0.481 e. The summed E-state index contributed by atoms with van der Waals surface area (Å²) in [5.74, 6) is -2.57. The number of carbonyl (C=O) groups is 2. The third kappa shape index (κ3) is 6.71. The number of hydrogen-bond acceptors (Lipinski definition) is 9. The van der Waals surface area contributed by atoms with E-state index in [0.29, 0.717) is 19.3 Å². The molecule has 0 aliphatic carbocycles. The van der Waals surface area contributed by atoms with Crippen molar-refractivity contribution in [1.29, 1.82) is 0 Å². The number of hydrogen-bond donors (Lipinski definition) is 5. The van der Waals surface area contributed by atoms with Crippen molar-refractivity contribution in [3.8, 4) is 0 Å². The van der Waals surface area contributed by atoms with Gasteiger partial charge in [-0.1, -0.05) is 25.5 Å². The van der Waals surface area contributed by atoms with Crippen LogP contribution in [0.15, 0.2) is 11.6 Å². The number of cyclic esters (lactones) is 1. The smallest absolute Gasteiger partial charge is 0.309 e. The van der Waals surface area contributed by atoms with Crippen LogP contribution in [-0.4, -0.2) is 87.5 Å². The SMILES string of the molecule is C/C(=C/CC(COC1OC(CO)C(O)C(O)C1O)C(C)C(=O)O)CC1CC(C)C(=O)O1. The summed E-state index contributed by atoms with van der Waals surface area (Å²) in [5, 5.41) is 48.5. The van der Waals surface area contributed by atoms with Crippen LogP contribution in [0.4, 0.5) is 0 Å². The Hall–Kier alpha value is -1.56. The molecule has 2 aliphatic heterocycles. The van der Waals surface area contributed by atoms with Crippen LogP contribution >= 0.6 is 0 Å². The number of aliphatic hydroxyl groups is 4. The zero-order valence-electron chi connectivity index (χ0n) is 18.1. The average Bonchev–Trinajstić information content (AvgIpc) is 3.03. The van der Waals surface area contributed by atoms with E-state index in [9.17, 15) is 35.1 Å². The van der Waals surface area contributed by atoms with Crippen LogP contribution in [0.25, 0.3) is 0 Å². The number of aliphatic hydroxyl groups excluding tert-OH is 4. The molecule has 0 radical (unpaired) electrons. The number of carboxylic acid groups (broad SMARTS) is 1. The Bertz CT molecular complexity index is 648. The van der Waals surface area contributed by atoms with Crippen LogP contribution in [0.2, 0.25) is 0 Å². The fourth-order valence-electron chi connectivity index (χ4n) is 3.78. The van der Waals surface area contributed by atoms with Crippen LogP contribution < -0.4 is 0 Å². The van der Waals surface area contributed by atoms with Gasteiger partial charge in [0.1, 0.15) is 30.5 Å². The molecule has 0 saturated carbocycles. The highest BCUT2D eigenvalue weighted by atomic mass is 16.7. The molecule has 0 amide bonds. The molecule has 2 rings (SSSR count). The summed E-state index contributed by atoms with van der Waals surface area (Å²) in [6.45, 7) is 4.59. The average molecular weight is 446 g/mol. The molecule has 31 heavy (non-hydrogen) atoms. The quantitative estimate of drug-likeness (QED) is 0.225. The number of aliphatic carboxylic acids is 1. The Morgan fingerprint density at radius 3 is 2.48 bits per heavy atom. The van der Waals surface area contributed by atoms with Gasteiger partial charge in [0.05, 0.1) is 25.0 Å². The monoisotopic (exact) mass is 446 g/mol. The van der Waals surface area contributed by atoms with Crippen LogP contribution in [0.3, 0.4) is 0 Å². The summed E-state index contributed by atoms with van der Waals surface area (Å²) in [6, 6.07) is 0. The number of rotatable bonds is 10. The molecular formula is C21H34O10. The fourth-order valence-corrected chi connectivity index (χ4v) is 3.78. The van der Waals surface area contributed by atoms with E-state index in [-0.39, 0.29) is 24.6 Å². The predicted molar refractivity (Wildman–Crippen MR) is 107 cm³/mol. The Morgan fingerprint density at radius 2 is 1.94 bits per heavy atom. The number of allylic oxidation sites excluding steroid dienone is 1. The molecule has 178 valence electrons. The van der Waals surface area contributed by atoms with E-state index in [1.165, 1.54) is 0 Å². The molecule has 9 unspecified atom stereocenters. The molecule has 10 heteroatoms. The lowest BCUT2D eigenvalue weighted by atomic mass is 9.90. The van der Waals surface area contributed by atoms with E-state index in [0.717, 1.165) is 5.57 Å². The second-order valence-corrected chi connectivity index (χ2v) is 8.60. The molecule has 0 bridgehead atoms. The van der Waals surface area contributed by atoms with E-state index in [1.807, 2.05) is 19.9 Å². The first kappa shape index (κ1) is 25.7. The minimum absolute atomic E-state index is 0.0879. The van der Waals surface area contributed by atoms with Crippen molar-refractivity contribution in [2.75, 3.05) is 13.2 Å². The van der Waals surface area contributed by atoms with Crippen molar-refractivity contribution in [2.24, 2.45) is 17.8 Å². The van der Waals surface area contributed by atoms with Gasteiger partial charge < -0.3 is 39.7 Å². The molecule has 2 saturated heterocycles. The van der Waals surface area contributed by atoms with Crippen LogP contribution in [0, 0.1) is 17.8 Å². The lowest BCUT2D eigenvalue weighted by Gasteiger charge is -2.40. The summed E-state index contributed by atoms with van der Waals surface area (Å²) < 4.78 is 16.2. The maximum Gasteiger partial charge on any atom is 0.309 e. The first-order chi connectivity index (χ1) is 14.5. The molecule has 5 N–H and O–H groups in total. The van der Waals surface area contributed by atoms with E-state index >= 15 is 0 Å². The Kier molecular flexibility index (Phi) is 9.41. The summed E-state index contributed by atoms with van der Waals surface area (Å²) in [5.41, 5.74) is 0.960. The highest BCUT2D eigenvalue weighted by Gasteiger charge is 2.44.